The summed E-state index contributed by atoms with van der Waals surface area (Å²) in [6.45, 7) is 3.28. The molecule has 0 saturated heterocycles. The summed E-state index contributed by atoms with van der Waals surface area (Å²) in [4.78, 5) is 51.0. The van der Waals surface area contributed by atoms with Crippen LogP contribution in [0.4, 0.5) is 0 Å². The molecule has 0 saturated carbocycles. The van der Waals surface area contributed by atoms with Crippen molar-refractivity contribution in [2.75, 3.05) is 27.4 Å². The maximum atomic E-state index is 13.0. The van der Waals surface area contributed by atoms with Crippen molar-refractivity contribution in [2.45, 2.75) is 13.8 Å². The molecule has 0 radical (unpaired) electrons. The zero-order valence-corrected chi connectivity index (χ0v) is 21.9. The SMILES string of the molecule is CCOC(=O)c1c(C(=O)OCC)c2cc(-c3ccn4c(C#N)c(C(=O)OC)c(C(=O)OC)c4c3)ccn2c1C#N. The molecule has 4 aromatic heterocycles. The van der Waals surface area contributed by atoms with Crippen molar-refractivity contribution < 1.29 is 38.1 Å². The third-order valence-electron chi connectivity index (χ3n) is 6.16. The minimum Gasteiger partial charge on any atom is -0.465 e. The summed E-state index contributed by atoms with van der Waals surface area (Å²) in [5, 5.41) is 19.6. The van der Waals surface area contributed by atoms with Gasteiger partial charge in [-0.05, 0) is 49.2 Å². The molecule has 0 spiro atoms. The number of nitriles is 2. The second-order valence-electron chi connectivity index (χ2n) is 8.19. The maximum Gasteiger partial charge on any atom is 0.342 e. The highest BCUT2D eigenvalue weighted by molar-refractivity contribution is 6.12. The van der Waals surface area contributed by atoms with Gasteiger partial charge in [-0.1, -0.05) is 0 Å². The number of methoxy groups -OCH3 is 2. The molecule has 0 aliphatic heterocycles. The van der Waals surface area contributed by atoms with Crippen LogP contribution < -0.4 is 0 Å². The van der Waals surface area contributed by atoms with Crippen LogP contribution in [0.5, 0.6) is 0 Å². The molecule has 4 heterocycles. The fourth-order valence-electron chi connectivity index (χ4n) is 4.51. The summed E-state index contributed by atoms with van der Waals surface area (Å²) in [5.41, 5.74) is 0.517. The van der Waals surface area contributed by atoms with Gasteiger partial charge in [0.2, 0.25) is 0 Å². The molecule has 0 fully saturated rings. The zero-order chi connectivity index (χ0) is 29.1. The average Bonchev–Trinajstić information content (AvgIpc) is 3.48. The number of nitrogens with zero attached hydrogens (tertiary/aromatic N) is 4. The van der Waals surface area contributed by atoms with Gasteiger partial charge in [0, 0.05) is 12.4 Å². The summed E-state index contributed by atoms with van der Waals surface area (Å²) in [5.74, 6) is -3.38. The molecule has 0 atom stereocenters. The lowest BCUT2D eigenvalue weighted by molar-refractivity contribution is 0.0481. The van der Waals surface area contributed by atoms with E-state index in [-0.39, 0.29) is 57.9 Å². The molecule has 12 heteroatoms. The van der Waals surface area contributed by atoms with Crippen LogP contribution in [-0.2, 0) is 18.9 Å². The van der Waals surface area contributed by atoms with E-state index in [1.165, 1.54) is 21.2 Å². The second kappa shape index (κ2) is 11.0. The fraction of sp³-hybridized carbons (Fsp3) is 0.214. The van der Waals surface area contributed by atoms with Gasteiger partial charge in [0.15, 0.2) is 0 Å². The first-order chi connectivity index (χ1) is 19.3. The van der Waals surface area contributed by atoms with E-state index in [1.54, 1.807) is 38.1 Å². The van der Waals surface area contributed by atoms with Crippen LogP contribution in [0.1, 0.15) is 66.7 Å². The Bertz CT molecular complexity index is 1800. The summed E-state index contributed by atoms with van der Waals surface area (Å²) >= 11 is 0. The molecule has 40 heavy (non-hydrogen) atoms. The van der Waals surface area contributed by atoms with Gasteiger partial charge >= 0.3 is 23.9 Å². The van der Waals surface area contributed by atoms with E-state index in [9.17, 15) is 29.7 Å². The van der Waals surface area contributed by atoms with Crippen LogP contribution in [0.15, 0.2) is 36.7 Å². The van der Waals surface area contributed by atoms with Crippen molar-refractivity contribution >= 4 is 34.9 Å². The summed E-state index contributed by atoms with van der Waals surface area (Å²) in [6.07, 6.45) is 3.01. The van der Waals surface area contributed by atoms with Gasteiger partial charge in [0.1, 0.15) is 45.8 Å². The van der Waals surface area contributed by atoms with Gasteiger partial charge in [0.25, 0.3) is 0 Å². The number of ether oxygens (including phenoxy) is 4. The van der Waals surface area contributed by atoms with Crippen molar-refractivity contribution in [2.24, 2.45) is 0 Å². The van der Waals surface area contributed by atoms with Crippen molar-refractivity contribution in [3.05, 3.63) is 70.3 Å². The van der Waals surface area contributed by atoms with E-state index in [0.717, 1.165) is 14.2 Å². The Balaban J connectivity index is 2.03. The van der Waals surface area contributed by atoms with Crippen LogP contribution >= 0.6 is 0 Å². The van der Waals surface area contributed by atoms with E-state index < -0.39 is 23.9 Å². The van der Waals surface area contributed by atoms with Crippen molar-refractivity contribution in [3.8, 4) is 23.3 Å². The van der Waals surface area contributed by atoms with Gasteiger partial charge in [-0.3, -0.25) is 0 Å². The van der Waals surface area contributed by atoms with Crippen LogP contribution in [0, 0.1) is 22.7 Å². The van der Waals surface area contributed by atoms with Crippen molar-refractivity contribution in [1.29, 1.82) is 10.5 Å². The van der Waals surface area contributed by atoms with E-state index >= 15 is 0 Å². The van der Waals surface area contributed by atoms with E-state index in [4.69, 9.17) is 18.9 Å². The van der Waals surface area contributed by atoms with Gasteiger partial charge in [0.05, 0.1) is 38.5 Å². The number of carbonyl (C=O) groups is 4. The van der Waals surface area contributed by atoms with Gasteiger partial charge in [-0.15, -0.1) is 0 Å². The normalized spacial score (nSPS) is 10.6. The molecule has 12 nitrogen and oxygen atoms in total. The number of hydrogen-bond donors (Lipinski definition) is 0. The van der Waals surface area contributed by atoms with Crippen LogP contribution in [0.2, 0.25) is 0 Å². The minimum absolute atomic E-state index is 0.0293. The number of carbonyl (C=O) groups excluding carboxylic acids is 4. The number of rotatable bonds is 7. The summed E-state index contributed by atoms with van der Waals surface area (Å²) in [7, 11) is 2.28. The average molecular weight is 543 g/mol. The minimum atomic E-state index is -0.883. The summed E-state index contributed by atoms with van der Waals surface area (Å²) in [6, 6.07) is 10.3. The highest BCUT2D eigenvalue weighted by atomic mass is 16.5. The Labute approximate surface area is 227 Å². The number of aromatic nitrogens is 2. The van der Waals surface area contributed by atoms with E-state index in [2.05, 4.69) is 0 Å². The third-order valence-corrected chi connectivity index (χ3v) is 6.16. The number of fused-ring (bicyclic) bond motifs is 2. The highest BCUT2D eigenvalue weighted by Crippen LogP contribution is 2.32. The molecule has 0 unspecified atom stereocenters. The topological polar surface area (TPSA) is 162 Å². The standard InChI is InChI=1S/C28H22N4O8/c1-5-39-27(35)22-18-12-16(8-10-32(18)20(14-30)24(22)28(36)40-6-2)15-7-9-31-17(11-15)21(25(33)37-3)23(19(31)13-29)26(34)38-4/h7-12H,5-6H2,1-4H3. The quantitative estimate of drug-likeness (QED) is 0.249. The number of esters is 4. The number of hydrogen-bond acceptors (Lipinski definition) is 10. The van der Waals surface area contributed by atoms with Crippen molar-refractivity contribution in [1.82, 2.24) is 8.80 Å². The molecule has 202 valence electrons. The first kappa shape index (κ1) is 27.4. The Kier molecular flexibility index (Phi) is 7.55. The lowest BCUT2D eigenvalue weighted by Crippen LogP contribution is -2.13. The van der Waals surface area contributed by atoms with Gasteiger partial charge in [-0.2, -0.15) is 10.5 Å². The molecule has 4 rings (SSSR count). The first-order valence-corrected chi connectivity index (χ1v) is 11.9. The molecular weight excluding hydrogens is 520 g/mol. The first-order valence-electron chi connectivity index (χ1n) is 11.9. The monoisotopic (exact) mass is 542 g/mol. The Morgan fingerprint density at radius 2 is 1.05 bits per heavy atom. The predicted octanol–water partition coefficient (Wildman–Crippen LogP) is 3.53. The van der Waals surface area contributed by atoms with Crippen molar-refractivity contribution in [3.63, 3.8) is 0 Å². The second-order valence-corrected chi connectivity index (χ2v) is 8.19. The molecule has 0 bridgehead atoms. The molecule has 0 aliphatic carbocycles. The van der Waals surface area contributed by atoms with Crippen LogP contribution in [-0.4, -0.2) is 60.1 Å². The van der Waals surface area contributed by atoms with Crippen LogP contribution in [0.3, 0.4) is 0 Å². The highest BCUT2D eigenvalue weighted by Gasteiger charge is 2.32. The molecular formula is C28H22N4O8. The molecule has 0 N–H and O–H groups in total. The maximum absolute atomic E-state index is 13.0. The lowest BCUT2D eigenvalue weighted by Gasteiger charge is -2.07. The Hall–Kier alpha value is -5.62. The smallest absolute Gasteiger partial charge is 0.342 e. The van der Waals surface area contributed by atoms with Gasteiger partial charge in [-0.25, -0.2) is 19.2 Å². The fourth-order valence-corrected chi connectivity index (χ4v) is 4.51. The number of pyridine rings is 2. The lowest BCUT2D eigenvalue weighted by atomic mass is 10.0. The third kappa shape index (κ3) is 4.27. The molecule has 4 aromatic rings. The van der Waals surface area contributed by atoms with E-state index in [0.29, 0.717) is 11.1 Å². The largest absolute Gasteiger partial charge is 0.465 e. The van der Waals surface area contributed by atoms with Gasteiger partial charge < -0.3 is 27.7 Å². The summed E-state index contributed by atoms with van der Waals surface area (Å²) < 4.78 is 22.7. The molecule has 0 amide bonds. The van der Waals surface area contributed by atoms with Crippen LogP contribution in [0.25, 0.3) is 22.2 Å². The van der Waals surface area contributed by atoms with E-state index in [1.807, 2.05) is 12.1 Å². The Morgan fingerprint density at radius 3 is 1.45 bits per heavy atom. The molecule has 0 aromatic carbocycles. The zero-order valence-electron chi connectivity index (χ0n) is 21.9. The molecule has 0 aliphatic rings. The predicted molar refractivity (Wildman–Crippen MR) is 138 cm³/mol. The Morgan fingerprint density at radius 1 is 0.675 bits per heavy atom.